The molecule has 20 heavy (non-hydrogen) atoms. The number of carbonyl (C=O) groups excluding carboxylic acids is 1. The van der Waals surface area contributed by atoms with E-state index in [4.69, 9.17) is 0 Å². The van der Waals surface area contributed by atoms with E-state index >= 15 is 0 Å². The molecule has 0 saturated heterocycles. The van der Waals surface area contributed by atoms with Crippen LogP contribution in [-0.4, -0.2) is 11.5 Å². The monoisotopic (exact) mass is 389 g/mol. The Morgan fingerprint density at radius 2 is 1.25 bits per heavy atom. The van der Waals surface area contributed by atoms with E-state index in [2.05, 4.69) is 36.9 Å². The molecule has 0 bridgehead atoms. The lowest BCUT2D eigenvalue weighted by Crippen LogP contribution is -2.12. The van der Waals surface area contributed by atoms with Crippen LogP contribution < -0.4 is 0 Å². The highest BCUT2D eigenvalue weighted by Gasteiger charge is 2.24. The van der Waals surface area contributed by atoms with Gasteiger partial charge in [0.05, 0.1) is 0 Å². The number of benzene rings is 2. The van der Waals surface area contributed by atoms with Crippen LogP contribution in [-0.2, 0) is 4.79 Å². The predicted molar refractivity (Wildman–Crippen MR) is 87.8 cm³/mol. The van der Waals surface area contributed by atoms with E-state index in [1.54, 1.807) is 6.20 Å². The van der Waals surface area contributed by atoms with Crippen molar-refractivity contribution in [2.24, 2.45) is 4.99 Å². The molecule has 1 aliphatic rings. The average molecular weight is 391 g/mol. The molecule has 0 unspecified atom stereocenters. The summed E-state index contributed by atoms with van der Waals surface area (Å²) >= 11 is 6.77. The molecular formula is C16H9Br2NO. The van der Waals surface area contributed by atoms with Gasteiger partial charge in [-0.3, -0.25) is 9.79 Å². The SMILES string of the molecule is O=C1C(c2ccc(Br)cc2)=CN=C1c1ccc(Br)cc1. The summed E-state index contributed by atoms with van der Waals surface area (Å²) in [5, 5.41) is 0. The fourth-order valence-corrected chi connectivity index (χ4v) is 2.55. The van der Waals surface area contributed by atoms with Crippen LogP contribution >= 0.6 is 31.9 Å². The van der Waals surface area contributed by atoms with Crippen LogP contribution in [0.1, 0.15) is 11.1 Å². The standard InChI is InChI=1S/C16H9Br2NO/c17-12-5-1-10(2-6-12)14-9-19-15(16(14)20)11-3-7-13(18)8-4-11/h1-9H. The molecule has 0 aliphatic carbocycles. The fourth-order valence-electron chi connectivity index (χ4n) is 2.02. The van der Waals surface area contributed by atoms with Gasteiger partial charge in [0.1, 0.15) is 5.71 Å². The minimum atomic E-state index is -0.0327. The number of nitrogens with zero attached hydrogens (tertiary/aromatic N) is 1. The second kappa shape index (κ2) is 5.46. The van der Waals surface area contributed by atoms with Crippen LogP contribution in [0, 0.1) is 0 Å². The highest BCUT2D eigenvalue weighted by Crippen LogP contribution is 2.25. The molecule has 0 amide bonds. The number of hydrogen-bond acceptors (Lipinski definition) is 2. The van der Waals surface area contributed by atoms with E-state index in [0.717, 1.165) is 20.1 Å². The Morgan fingerprint density at radius 1 is 0.750 bits per heavy atom. The molecule has 2 aromatic rings. The van der Waals surface area contributed by atoms with E-state index in [-0.39, 0.29) is 5.78 Å². The lowest BCUT2D eigenvalue weighted by Gasteiger charge is -2.04. The molecule has 3 rings (SSSR count). The molecule has 2 aromatic carbocycles. The molecule has 2 nitrogen and oxygen atoms in total. The van der Waals surface area contributed by atoms with Crippen LogP contribution in [0.15, 0.2) is 68.7 Å². The molecule has 4 heteroatoms. The van der Waals surface area contributed by atoms with Gasteiger partial charge in [-0.25, -0.2) is 0 Å². The topological polar surface area (TPSA) is 29.4 Å². The molecule has 0 aromatic heterocycles. The predicted octanol–water partition coefficient (Wildman–Crippen LogP) is 4.62. The Kier molecular flexibility index (Phi) is 3.68. The maximum absolute atomic E-state index is 12.5. The Bertz CT molecular complexity index is 665. The summed E-state index contributed by atoms with van der Waals surface area (Å²) in [6.07, 6.45) is 1.64. The summed E-state index contributed by atoms with van der Waals surface area (Å²) in [5.41, 5.74) is 2.85. The van der Waals surface area contributed by atoms with Gasteiger partial charge >= 0.3 is 0 Å². The summed E-state index contributed by atoms with van der Waals surface area (Å²) in [5.74, 6) is -0.0327. The maximum atomic E-state index is 12.5. The van der Waals surface area contributed by atoms with Crippen LogP contribution in [0.4, 0.5) is 0 Å². The summed E-state index contributed by atoms with van der Waals surface area (Å²) in [7, 11) is 0. The van der Waals surface area contributed by atoms with E-state index in [0.29, 0.717) is 11.3 Å². The zero-order valence-corrected chi connectivity index (χ0v) is 13.5. The zero-order chi connectivity index (χ0) is 14.1. The van der Waals surface area contributed by atoms with E-state index < -0.39 is 0 Å². The third-order valence-electron chi connectivity index (χ3n) is 3.06. The lowest BCUT2D eigenvalue weighted by atomic mass is 9.98. The molecule has 0 N–H and O–H groups in total. The van der Waals surface area contributed by atoms with E-state index in [1.807, 2.05) is 48.5 Å². The number of rotatable bonds is 2. The Morgan fingerprint density at radius 3 is 1.80 bits per heavy atom. The van der Waals surface area contributed by atoms with Crippen molar-refractivity contribution in [1.82, 2.24) is 0 Å². The molecule has 0 radical (unpaired) electrons. The van der Waals surface area contributed by atoms with Crippen molar-refractivity contribution in [3.8, 4) is 0 Å². The molecule has 0 atom stereocenters. The van der Waals surface area contributed by atoms with Gasteiger partial charge in [-0.1, -0.05) is 56.1 Å². The lowest BCUT2D eigenvalue weighted by molar-refractivity contribution is -0.107. The van der Waals surface area contributed by atoms with Crippen molar-refractivity contribution in [1.29, 1.82) is 0 Å². The van der Waals surface area contributed by atoms with Gasteiger partial charge in [0.15, 0.2) is 0 Å². The molecule has 1 aliphatic heterocycles. The molecule has 98 valence electrons. The number of ketones is 1. The van der Waals surface area contributed by atoms with E-state index in [9.17, 15) is 4.79 Å². The number of aliphatic imine (C=N–C) groups is 1. The molecule has 1 heterocycles. The van der Waals surface area contributed by atoms with Crippen molar-refractivity contribution in [3.05, 3.63) is 74.8 Å². The van der Waals surface area contributed by atoms with Crippen molar-refractivity contribution in [2.45, 2.75) is 0 Å². The third-order valence-corrected chi connectivity index (χ3v) is 4.11. The molecule has 0 fully saturated rings. The highest BCUT2D eigenvalue weighted by atomic mass is 79.9. The van der Waals surface area contributed by atoms with Crippen LogP contribution in [0.25, 0.3) is 5.57 Å². The van der Waals surface area contributed by atoms with Gasteiger partial charge in [-0.15, -0.1) is 0 Å². The maximum Gasteiger partial charge on any atom is 0.214 e. The van der Waals surface area contributed by atoms with Crippen molar-refractivity contribution in [2.75, 3.05) is 0 Å². The third kappa shape index (κ3) is 2.53. The minimum absolute atomic E-state index is 0.0327. The highest BCUT2D eigenvalue weighted by molar-refractivity contribution is 9.10. The molecular weight excluding hydrogens is 382 g/mol. The second-order valence-electron chi connectivity index (χ2n) is 4.36. The molecule has 0 saturated carbocycles. The minimum Gasteiger partial charge on any atom is -0.287 e. The van der Waals surface area contributed by atoms with Gasteiger partial charge in [0.25, 0.3) is 0 Å². The number of allylic oxidation sites excluding steroid dienone is 1. The van der Waals surface area contributed by atoms with Gasteiger partial charge in [0.2, 0.25) is 5.78 Å². The van der Waals surface area contributed by atoms with Gasteiger partial charge in [-0.05, 0) is 29.8 Å². The zero-order valence-electron chi connectivity index (χ0n) is 10.3. The first-order valence-corrected chi connectivity index (χ1v) is 7.58. The van der Waals surface area contributed by atoms with Crippen molar-refractivity contribution in [3.63, 3.8) is 0 Å². The van der Waals surface area contributed by atoms with Crippen LogP contribution in [0.5, 0.6) is 0 Å². The quantitative estimate of drug-likeness (QED) is 0.735. The molecule has 0 spiro atoms. The Balaban J connectivity index is 1.89. The first kappa shape index (κ1) is 13.5. The summed E-state index contributed by atoms with van der Waals surface area (Å²) in [4.78, 5) is 16.7. The van der Waals surface area contributed by atoms with Gasteiger partial charge < -0.3 is 0 Å². The first-order valence-electron chi connectivity index (χ1n) is 6.00. The van der Waals surface area contributed by atoms with Crippen LogP contribution in [0.2, 0.25) is 0 Å². The van der Waals surface area contributed by atoms with Gasteiger partial charge in [0, 0.05) is 26.3 Å². The Labute approximate surface area is 133 Å². The normalized spacial score (nSPS) is 14.2. The number of Topliss-reactive ketones (excluding diaryl/α,β-unsaturated/α-hetero) is 1. The summed E-state index contributed by atoms with van der Waals surface area (Å²) < 4.78 is 1.97. The second-order valence-corrected chi connectivity index (χ2v) is 6.19. The van der Waals surface area contributed by atoms with E-state index in [1.165, 1.54) is 0 Å². The number of carbonyl (C=O) groups is 1. The summed E-state index contributed by atoms with van der Waals surface area (Å²) in [6, 6.07) is 15.2. The Hall–Kier alpha value is -1.52. The first-order chi connectivity index (χ1) is 9.65. The van der Waals surface area contributed by atoms with Crippen LogP contribution in [0.3, 0.4) is 0 Å². The van der Waals surface area contributed by atoms with Gasteiger partial charge in [-0.2, -0.15) is 0 Å². The number of halogens is 2. The largest absolute Gasteiger partial charge is 0.287 e. The van der Waals surface area contributed by atoms with Crippen molar-refractivity contribution < 1.29 is 4.79 Å². The smallest absolute Gasteiger partial charge is 0.214 e. The van der Waals surface area contributed by atoms with Crippen molar-refractivity contribution >= 4 is 48.9 Å². The fraction of sp³-hybridized carbons (Fsp3) is 0. The number of hydrogen-bond donors (Lipinski definition) is 0. The average Bonchev–Trinajstić information content (AvgIpc) is 2.83. The summed E-state index contributed by atoms with van der Waals surface area (Å²) in [6.45, 7) is 0.